The van der Waals surface area contributed by atoms with Gasteiger partial charge < -0.3 is 4.98 Å². The lowest BCUT2D eigenvalue weighted by Gasteiger charge is -1.87. The van der Waals surface area contributed by atoms with Crippen molar-refractivity contribution in [2.45, 2.75) is 0 Å². The summed E-state index contributed by atoms with van der Waals surface area (Å²) in [6.07, 6.45) is 1.37. The number of fused-ring (bicyclic) bond motifs is 2. The van der Waals surface area contributed by atoms with Crippen LogP contribution in [0.2, 0.25) is 0 Å². The molecule has 0 fully saturated rings. The van der Waals surface area contributed by atoms with E-state index in [0.29, 0.717) is 16.3 Å². The summed E-state index contributed by atoms with van der Waals surface area (Å²) >= 11 is 0. The fourth-order valence-corrected chi connectivity index (χ4v) is 1.75. The maximum atomic E-state index is 12.1. The summed E-state index contributed by atoms with van der Waals surface area (Å²) in [5.74, 6) is 0. The molecule has 0 amide bonds. The smallest absolute Gasteiger partial charge is 0.274 e. The van der Waals surface area contributed by atoms with Crippen molar-refractivity contribution in [3.63, 3.8) is 0 Å². The molecule has 2 heterocycles. The third kappa shape index (κ3) is 1.08. The summed E-state index contributed by atoms with van der Waals surface area (Å²) in [4.78, 5) is 26.5. The SMILES string of the molecule is O=c1c2ccccc2[nH]c(=O)c2[nH]ncc12. The lowest BCUT2D eigenvalue weighted by molar-refractivity contribution is 1.11. The van der Waals surface area contributed by atoms with Gasteiger partial charge in [0.05, 0.1) is 17.1 Å². The highest BCUT2D eigenvalue weighted by molar-refractivity contribution is 5.88. The second kappa shape index (κ2) is 3.03. The average molecular weight is 213 g/mol. The number of aromatic nitrogens is 3. The quantitative estimate of drug-likeness (QED) is 0.578. The Bertz CT molecular complexity index is 801. The van der Waals surface area contributed by atoms with Gasteiger partial charge in [-0.3, -0.25) is 14.7 Å². The molecule has 0 aliphatic rings. The third-order valence-corrected chi connectivity index (χ3v) is 2.53. The van der Waals surface area contributed by atoms with E-state index in [1.165, 1.54) is 6.20 Å². The lowest BCUT2D eigenvalue weighted by Crippen LogP contribution is -2.02. The Morgan fingerprint density at radius 2 is 1.88 bits per heavy atom. The van der Waals surface area contributed by atoms with Crippen LogP contribution in [0.1, 0.15) is 0 Å². The molecule has 0 aliphatic heterocycles. The van der Waals surface area contributed by atoms with Crippen molar-refractivity contribution in [3.05, 3.63) is 51.0 Å². The fraction of sp³-hybridized carbons (Fsp3) is 0. The molecule has 2 aromatic heterocycles. The van der Waals surface area contributed by atoms with E-state index in [2.05, 4.69) is 15.2 Å². The van der Waals surface area contributed by atoms with Crippen molar-refractivity contribution in [1.82, 2.24) is 15.2 Å². The van der Waals surface area contributed by atoms with Gasteiger partial charge in [0, 0.05) is 5.39 Å². The Kier molecular flexibility index (Phi) is 1.67. The predicted octanol–water partition coefficient (Wildman–Crippen LogP) is 0.765. The van der Waals surface area contributed by atoms with E-state index >= 15 is 0 Å². The van der Waals surface area contributed by atoms with E-state index in [9.17, 15) is 9.59 Å². The predicted molar refractivity (Wildman–Crippen MR) is 60.5 cm³/mol. The number of hydrogen-bond donors (Lipinski definition) is 2. The minimum absolute atomic E-state index is 0.197. The maximum Gasteiger partial charge on any atom is 0.274 e. The summed E-state index contributed by atoms with van der Waals surface area (Å²) in [5, 5.41) is 7.03. The fourth-order valence-electron chi connectivity index (χ4n) is 1.75. The van der Waals surface area contributed by atoms with Gasteiger partial charge >= 0.3 is 0 Å². The second-order valence-electron chi connectivity index (χ2n) is 3.49. The van der Waals surface area contributed by atoms with Crippen LogP contribution in [-0.2, 0) is 0 Å². The molecule has 3 aromatic rings. The van der Waals surface area contributed by atoms with Crippen LogP contribution in [0.15, 0.2) is 40.1 Å². The summed E-state index contributed by atoms with van der Waals surface area (Å²) in [7, 11) is 0. The first-order valence-corrected chi connectivity index (χ1v) is 4.76. The van der Waals surface area contributed by atoms with Crippen LogP contribution in [-0.4, -0.2) is 15.2 Å². The lowest BCUT2D eigenvalue weighted by atomic mass is 10.2. The molecule has 2 N–H and O–H groups in total. The molecule has 1 aromatic carbocycles. The Morgan fingerprint density at radius 1 is 1.06 bits per heavy atom. The van der Waals surface area contributed by atoms with Gasteiger partial charge in [-0.15, -0.1) is 0 Å². The highest BCUT2D eigenvalue weighted by Crippen LogP contribution is 2.06. The number of para-hydroxylation sites is 1. The van der Waals surface area contributed by atoms with Crippen LogP contribution in [0.3, 0.4) is 0 Å². The molecule has 3 rings (SSSR count). The standard InChI is InChI=1S/C11H7N3O2/c15-10-6-3-1-2-4-8(6)13-11(16)9-7(10)5-12-14-9/h1-5H,(H,12,14)(H,13,16). The van der Waals surface area contributed by atoms with Crippen molar-refractivity contribution in [1.29, 1.82) is 0 Å². The summed E-state index contributed by atoms with van der Waals surface area (Å²) in [6.45, 7) is 0. The molecule has 78 valence electrons. The van der Waals surface area contributed by atoms with Crippen LogP contribution in [0.5, 0.6) is 0 Å². The maximum absolute atomic E-state index is 12.1. The van der Waals surface area contributed by atoms with Gasteiger partial charge in [-0.2, -0.15) is 5.10 Å². The van der Waals surface area contributed by atoms with E-state index in [1.54, 1.807) is 24.3 Å². The normalized spacial score (nSPS) is 11.0. The first-order chi connectivity index (χ1) is 7.77. The Labute approximate surface area is 88.7 Å². The third-order valence-electron chi connectivity index (χ3n) is 2.53. The molecule has 0 radical (unpaired) electrons. The summed E-state index contributed by atoms with van der Waals surface area (Å²) in [5.41, 5.74) is 0.201. The van der Waals surface area contributed by atoms with E-state index in [1.807, 2.05) is 0 Å². The van der Waals surface area contributed by atoms with E-state index < -0.39 is 0 Å². The van der Waals surface area contributed by atoms with Crippen molar-refractivity contribution in [2.75, 3.05) is 0 Å². The van der Waals surface area contributed by atoms with Gasteiger partial charge in [-0.1, -0.05) is 12.1 Å². The van der Waals surface area contributed by atoms with Crippen LogP contribution < -0.4 is 11.0 Å². The number of H-pyrrole nitrogens is 2. The van der Waals surface area contributed by atoms with Gasteiger partial charge in [0.15, 0.2) is 5.43 Å². The zero-order chi connectivity index (χ0) is 11.1. The molecule has 0 spiro atoms. The molecule has 16 heavy (non-hydrogen) atoms. The van der Waals surface area contributed by atoms with Crippen molar-refractivity contribution >= 4 is 21.8 Å². The zero-order valence-corrected chi connectivity index (χ0v) is 8.15. The summed E-state index contributed by atoms with van der Waals surface area (Å²) in [6, 6.07) is 6.91. The number of rotatable bonds is 0. The highest BCUT2D eigenvalue weighted by atomic mass is 16.1. The first-order valence-electron chi connectivity index (χ1n) is 4.76. The largest absolute Gasteiger partial charge is 0.320 e. The number of benzene rings is 1. The molecule has 0 aliphatic carbocycles. The van der Waals surface area contributed by atoms with Gasteiger partial charge in [-0.05, 0) is 12.1 Å². The number of nitrogens with zero attached hydrogens (tertiary/aromatic N) is 1. The molecule has 0 atom stereocenters. The monoisotopic (exact) mass is 213 g/mol. The average Bonchev–Trinajstić information content (AvgIpc) is 2.74. The second-order valence-corrected chi connectivity index (χ2v) is 3.49. The van der Waals surface area contributed by atoms with Gasteiger partial charge in [-0.25, -0.2) is 0 Å². The minimum Gasteiger partial charge on any atom is -0.320 e. The molecular formula is C11H7N3O2. The van der Waals surface area contributed by atoms with Crippen LogP contribution >= 0.6 is 0 Å². The number of aromatic amines is 2. The van der Waals surface area contributed by atoms with Gasteiger partial charge in [0.2, 0.25) is 0 Å². The van der Waals surface area contributed by atoms with Crippen molar-refractivity contribution in [3.8, 4) is 0 Å². The number of nitrogens with one attached hydrogen (secondary N) is 2. The van der Waals surface area contributed by atoms with Crippen LogP contribution in [0.25, 0.3) is 21.8 Å². The van der Waals surface area contributed by atoms with Gasteiger partial charge in [0.25, 0.3) is 5.56 Å². The van der Waals surface area contributed by atoms with Crippen LogP contribution in [0, 0.1) is 0 Å². The molecule has 5 nitrogen and oxygen atoms in total. The highest BCUT2D eigenvalue weighted by Gasteiger charge is 2.06. The zero-order valence-electron chi connectivity index (χ0n) is 8.15. The Balaban J connectivity index is 2.80. The van der Waals surface area contributed by atoms with E-state index in [4.69, 9.17) is 0 Å². The minimum atomic E-state index is -0.342. The van der Waals surface area contributed by atoms with Gasteiger partial charge in [0.1, 0.15) is 5.52 Å². The number of hydrogen-bond acceptors (Lipinski definition) is 3. The molecule has 0 saturated carbocycles. The molecule has 0 saturated heterocycles. The molecule has 5 heteroatoms. The van der Waals surface area contributed by atoms with E-state index in [0.717, 1.165) is 0 Å². The summed E-state index contributed by atoms with van der Waals surface area (Å²) < 4.78 is 0. The topological polar surface area (TPSA) is 78.6 Å². The first kappa shape index (κ1) is 8.84. The van der Waals surface area contributed by atoms with E-state index in [-0.39, 0.29) is 16.5 Å². The van der Waals surface area contributed by atoms with Crippen LogP contribution in [0.4, 0.5) is 0 Å². The Hall–Kier alpha value is -2.43. The Morgan fingerprint density at radius 3 is 2.75 bits per heavy atom. The molecule has 0 unspecified atom stereocenters. The van der Waals surface area contributed by atoms with Crippen molar-refractivity contribution < 1.29 is 0 Å². The van der Waals surface area contributed by atoms with Crippen molar-refractivity contribution in [2.24, 2.45) is 0 Å². The molecule has 0 bridgehead atoms. The molecular weight excluding hydrogens is 206 g/mol.